The van der Waals surface area contributed by atoms with Crippen molar-refractivity contribution in [3.05, 3.63) is 72.7 Å². The van der Waals surface area contributed by atoms with E-state index < -0.39 is 11.7 Å². The molecule has 2 aromatic carbocycles. The smallest absolute Gasteiger partial charge is 0.337 e. The molecule has 1 amide bonds. The van der Waals surface area contributed by atoms with Crippen molar-refractivity contribution in [1.82, 2.24) is 14.4 Å². The van der Waals surface area contributed by atoms with Crippen molar-refractivity contribution in [3.8, 4) is 11.3 Å². The number of nitrogens with one attached hydrogen (secondary N) is 2. The first-order valence-corrected chi connectivity index (χ1v) is 8.95. The van der Waals surface area contributed by atoms with Gasteiger partial charge in [0.1, 0.15) is 0 Å². The molecule has 30 heavy (non-hydrogen) atoms. The van der Waals surface area contributed by atoms with Crippen molar-refractivity contribution in [3.63, 3.8) is 0 Å². The molecule has 0 atom stereocenters. The Morgan fingerprint density at radius 1 is 1.03 bits per heavy atom. The maximum atomic E-state index is 13.0. The van der Waals surface area contributed by atoms with Crippen LogP contribution in [0, 0.1) is 0 Å². The summed E-state index contributed by atoms with van der Waals surface area (Å²) in [4.78, 5) is 19.9. The molecule has 152 valence electrons. The summed E-state index contributed by atoms with van der Waals surface area (Å²) in [5.41, 5.74) is 2.15. The zero-order valence-electron chi connectivity index (χ0n) is 15.7. The van der Waals surface area contributed by atoms with E-state index in [-0.39, 0.29) is 11.6 Å². The molecule has 2 aromatic heterocycles. The second kappa shape index (κ2) is 7.51. The lowest BCUT2D eigenvalue weighted by Gasteiger charge is -2.11. The first-order chi connectivity index (χ1) is 14.3. The third-order valence-electron chi connectivity index (χ3n) is 4.36. The van der Waals surface area contributed by atoms with Crippen molar-refractivity contribution in [2.75, 3.05) is 10.6 Å². The number of hydrogen-bond donors (Lipinski definition) is 2. The number of carbonyl (C=O) groups is 1. The number of rotatable bonds is 4. The number of anilines is 3. The minimum absolute atomic E-state index is 0.179. The molecule has 2 N–H and O–H groups in total. The van der Waals surface area contributed by atoms with Gasteiger partial charge in [0.25, 0.3) is 0 Å². The van der Waals surface area contributed by atoms with E-state index in [0.717, 1.165) is 23.4 Å². The molecule has 0 aliphatic rings. The lowest BCUT2D eigenvalue weighted by molar-refractivity contribution is -0.137. The highest BCUT2D eigenvalue weighted by atomic mass is 19.4. The highest BCUT2D eigenvalue weighted by molar-refractivity contribution is 5.89. The normalized spacial score (nSPS) is 11.5. The molecule has 2 heterocycles. The van der Waals surface area contributed by atoms with Gasteiger partial charge >= 0.3 is 6.18 Å². The van der Waals surface area contributed by atoms with Gasteiger partial charge in [-0.2, -0.15) is 13.2 Å². The topological polar surface area (TPSA) is 71.3 Å². The van der Waals surface area contributed by atoms with Gasteiger partial charge in [0.05, 0.1) is 17.5 Å². The number of fused-ring (bicyclic) bond motifs is 1. The number of alkyl halides is 3. The fourth-order valence-corrected chi connectivity index (χ4v) is 3.09. The van der Waals surface area contributed by atoms with Crippen LogP contribution in [-0.4, -0.2) is 20.3 Å². The van der Waals surface area contributed by atoms with Gasteiger partial charge in [0, 0.05) is 36.3 Å². The summed E-state index contributed by atoms with van der Waals surface area (Å²) in [6.07, 6.45) is 0.448. The second-order valence-corrected chi connectivity index (χ2v) is 6.58. The van der Waals surface area contributed by atoms with Crippen LogP contribution < -0.4 is 10.6 Å². The van der Waals surface area contributed by atoms with Crippen LogP contribution in [0.4, 0.5) is 30.4 Å². The number of nitrogens with zero attached hydrogens (tertiary/aromatic N) is 3. The lowest BCUT2D eigenvalue weighted by Crippen LogP contribution is -2.06. The number of carbonyl (C=O) groups excluding carboxylic acids is 1. The summed E-state index contributed by atoms with van der Waals surface area (Å²) < 4.78 is 40.7. The summed E-state index contributed by atoms with van der Waals surface area (Å²) in [6.45, 7) is 1.43. The Morgan fingerprint density at radius 2 is 1.80 bits per heavy atom. The maximum absolute atomic E-state index is 13.0. The number of hydrogen-bond acceptors (Lipinski definition) is 4. The molecular weight excluding hydrogens is 395 g/mol. The average Bonchev–Trinajstić information content (AvgIpc) is 3.12. The van der Waals surface area contributed by atoms with Gasteiger partial charge in [-0.15, -0.1) is 0 Å². The molecule has 0 radical (unpaired) electrons. The minimum atomic E-state index is -4.43. The molecule has 0 aliphatic heterocycles. The molecular formula is C21H16F3N5O. The van der Waals surface area contributed by atoms with Crippen LogP contribution >= 0.6 is 0 Å². The largest absolute Gasteiger partial charge is 0.416 e. The van der Waals surface area contributed by atoms with E-state index in [1.54, 1.807) is 22.9 Å². The van der Waals surface area contributed by atoms with Gasteiger partial charge in [0.15, 0.2) is 11.5 Å². The Kier molecular flexibility index (Phi) is 4.86. The molecule has 4 aromatic rings. The first-order valence-electron chi connectivity index (χ1n) is 8.95. The fourth-order valence-electron chi connectivity index (χ4n) is 3.09. The maximum Gasteiger partial charge on any atom is 0.416 e. The number of halogens is 3. The van der Waals surface area contributed by atoms with Gasteiger partial charge in [-0.1, -0.05) is 18.2 Å². The van der Waals surface area contributed by atoms with Crippen LogP contribution in [0.15, 0.2) is 67.1 Å². The molecule has 0 saturated heterocycles. The van der Waals surface area contributed by atoms with E-state index in [1.807, 2.05) is 18.2 Å². The Balaban J connectivity index is 1.70. The van der Waals surface area contributed by atoms with Crippen LogP contribution in [0.25, 0.3) is 16.9 Å². The quantitative estimate of drug-likeness (QED) is 0.489. The minimum Gasteiger partial charge on any atom is -0.337 e. The Morgan fingerprint density at radius 3 is 2.57 bits per heavy atom. The lowest BCUT2D eigenvalue weighted by atomic mass is 10.1. The van der Waals surface area contributed by atoms with Crippen LogP contribution in [0.1, 0.15) is 12.5 Å². The first kappa shape index (κ1) is 19.4. The number of aromatic nitrogens is 3. The highest BCUT2D eigenvalue weighted by Gasteiger charge is 2.30. The SMILES string of the molecule is CC(=O)Nc1cccc(-c2cnc3c(Nc4cccc(C(F)(F)F)c4)nccn23)c1. The molecule has 9 heteroatoms. The van der Waals surface area contributed by atoms with Crippen LogP contribution in [0.5, 0.6) is 0 Å². The Hall–Kier alpha value is -3.88. The van der Waals surface area contributed by atoms with Crippen molar-refractivity contribution in [2.24, 2.45) is 0 Å². The van der Waals surface area contributed by atoms with Crippen LogP contribution in [0.2, 0.25) is 0 Å². The van der Waals surface area contributed by atoms with Crippen LogP contribution in [-0.2, 0) is 11.0 Å². The van der Waals surface area contributed by atoms with Crippen molar-refractivity contribution < 1.29 is 18.0 Å². The average molecular weight is 411 g/mol. The van der Waals surface area contributed by atoms with E-state index in [2.05, 4.69) is 20.6 Å². The van der Waals surface area contributed by atoms with Gasteiger partial charge in [-0.05, 0) is 30.3 Å². The van der Waals surface area contributed by atoms with Crippen molar-refractivity contribution in [2.45, 2.75) is 13.1 Å². The summed E-state index contributed by atoms with van der Waals surface area (Å²) >= 11 is 0. The number of benzene rings is 2. The van der Waals surface area contributed by atoms with E-state index in [9.17, 15) is 18.0 Å². The Labute approximate surface area is 169 Å². The monoisotopic (exact) mass is 411 g/mol. The third-order valence-corrected chi connectivity index (χ3v) is 4.36. The van der Waals surface area contributed by atoms with Crippen LogP contribution in [0.3, 0.4) is 0 Å². The van der Waals surface area contributed by atoms with E-state index in [1.165, 1.54) is 25.3 Å². The molecule has 0 bridgehead atoms. The third kappa shape index (κ3) is 3.95. The Bertz CT molecular complexity index is 1230. The summed E-state index contributed by atoms with van der Waals surface area (Å²) in [5, 5.41) is 5.64. The molecule has 4 rings (SSSR count). The molecule has 0 unspecified atom stereocenters. The zero-order valence-corrected chi connectivity index (χ0v) is 15.7. The number of imidazole rings is 1. The fraction of sp³-hybridized carbons (Fsp3) is 0.0952. The summed E-state index contributed by atoms with van der Waals surface area (Å²) in [7, 11) is 0. The highest BCUT2D eigenvalue weighted by Crippen LogP contribution is 2.32. The predicted molar refractivity (Wildman–Crippen MR) is 107 cm³/mol. The molecule has 0 spiro atoms. The van der Waals surface area contributed by atoms with Gasteiger partial charge < -0.3 is 10.6 Å². The zero-order chi connectivity index (χ0) is 21.3. The molecule has 0 saturated carbocycles. The van der Waals surface area contributed by atoms with E-state index in [0.29, 0.717) is 17.2 Å². The molecule has 0 aliphatic carbocycles. The second-order valence-electron chi connectivity index (χ2n) is 6.58. The standard InChI is InChI=1S/C21H16F3N5O/c1-13(30)27-16-6-2-4-14(10-16)18-12-26-20-19(25-8-9-29(18)20)28-17-7-3-5-15(11-17)21(22,23)24/h2-12H,1H3,(H,25,28)(H,27,30). The van der Waals surface area contributed by atoms with E-state index in [4.69, 9.17) is 0 Å². The predicted octanol–water partition coefficient (Wildman–Crippen LogP) is 5.12. The molecule has 6 nitrogen and oxygen atoms in total. The van der Waals surface area contributed by atoms with Gasteiger partial charge in [0.2, 0.25) is 5.91 Å². The van der Waals surface area contributed by atoms with Crippen molar-refractivity contribution in [1.29, 1.82) is 0 Å². The number of amides is 1. The van der Waals surface area contributed by atoms with Crippen molar-refractivity contribution >= 4 is 28.7 Å². The van der Waals surface area contributed by atoms with Gasteiger partial charge in [-0.3, -0.25) is 9.20 Å². The van der Waals surface area contributed by atoms with Gasteiger partial charge in [-0.25, -0.2) is 9.97 Å². The molecule has 0 fully saturated rings. The summed E-state index contributed by atoms with van der Waals surface area (Å²) in [6, 6.07) is 12.2. The summed E-state index contributed by atoms with van der Waals surface area (Å²) in [5.74, 6) is 0.142. The van der Waals surface area contributed by atoms with E-state index >= 15 is 0 Å².